The zero-order chi connectivity index (χ0) is 24.9. The molecule has 1 unspecified atom stereocenters. The Morgan fingerprint density at radius 2 is 1.72 bits per heavy atom. The van der Waals surface area contributed by atoms with Crippen molar-refractivity contribution in [2.24, 2.45) is 0 Å². The van der Waals surface area contributed by atoms with Gasteiger partial charge in [-0.2, -0.15) is 4.68 Å². The summed E-state index contributed by atoms with van der Waals surface area (Å²) in [5.41, 5.74) is 4.78. The van der Waals surface area contributed by atoms with E-state index in [0.29, 0.717) is 5.69 Å². The van der Waals surface area contributed by atoms with Crippen molar-refractivity contribution < 1.29 is 14.3 Å². The summed E-state index contributed by atoms with van der Waals surface area (Å²) in [4.78, 5) is 15.3. The smallest absolute Gasteiger partial charge is 0.346 e. The molecular weight excluding hydrogens is 452 g/mol. The highest BCUT2D eigenvalue weighted by molar-refractivity contribution is 5.78. The summed E-state index contributed by atoms with van der Waals surface area (Å²) in [5, 5.41) is 8.47. The maximum Gasteiger partial charge on any atom is 0.346 e. The molecule has 7 nitrogen and oxygen atoms in total. The lowest BCUT2D eigenvalue weighted by Gasteiger charge is -2.35. The highest BCUT2D eigenvalue weighted by Gasteiger charge is 2.28. The zero-order valence-electron chi connectivity index (χ0n) is 20.6. The Balaban J connectivity index is 1.33. The van der Waals surface area contributed by atoms with E-state index < -0.39 is 0 Å². The van der Waals surface area contributed by atoms with Gasteiger partial charge in [0.15, 0.2) is 0 Å². The average molecular weight is 483 g/mol. The van der Waals surface area contributed by atoms with E-state index >= 15 is 0 Å². The highest BCUT2D eigenvalue weighted by atomic mass is 16.5. The first-order valence-corrected chi connectivity index (χ1v) is 12.3. The first-order valence-electron chi connectivity index (χ1n) is 12.3. The Morgan fingerprint density at radius 1 is 0.944 bits per heavy atom. The van der Waals surface area contributed by atoms with Gasteiger partial charge in [0, 0.05) is 29.8 Å². The average Bonchev–Trinajstić information content (AvgIpc) is 3.44. The van der Waals surface area contributed by atoms with E-state index in [2.05, 4.69) is 22.4 Å². The van der Waals surface area contributed by atoms with Gasteiger partial charge in [-0.05, 0) is 48.9 Å². The van der Waals surface area contributed by atoms with Gasteiger partial charge in [0.25, 0.3) is 0 Å². The molecule has 2 heterocycles. The van der Waals surface area contributed by atoms with E-state index in [1.807, 2.05) is 65.6 Å². The van der Waals surface area contributed by atoms with Crippen molar-refractivity contribution in [3.8, 4) is 33.9 Å². The molecule has 5 rings (SSSR count). The van der Waals surface area contributed by atoms with Crippen LogP contribution in [0.25, 0.3) is 22.4 Å². The number of ether oxygens (including phenoxy) is 2. The summed E-state index contributed by atoms with van der Waals surface area (Å²) >= 11 is 0. The molecule has 36 heavy (non-hydrogen) atoms. The molecular formula is C29H30N4O3. The number of nitrogens with zero attached hydrogens (tertiary/aromatic N) is 4. The lowest BCUT2D eigenvalue weighted by Crippen LogP contribution is -2.46. The third kappa shape index (κ3) is 4.96. The number of amides is 1. The molecule has 1 fully saturated rings. The molecule has 1 atom stereocenters. The fraction of sp³-hybridized carbons (Fsp3) is 0.276. The maximum atomic E-state index is 13.4. The molecule has 1 aromatic heterocycles. The van der Waals surface area contributed by atoms with E-state index in [1.165, 1.54) is 10.2 Å². The van der Waals surface area contributed by atoms with Gasteiger partial charge in [0.05, 0.1) is 20.4 Å². The van der Waals surface area contributed by atoms with Crippen LogP contribution in [0.2, 0.25) is 0 Å². The molecule has 1 amide bonds. The maximum absolute atomic E-state index is 13.4. The summed E-state index contributed by atoms with van der Waals surface area (Å²) < 4.78 is 12.2. The van der Waals surface area contributed by atoms with Crippen molar-refractivity contribution in [2.75, 3.05) is 20.8 Å². The lowest BCUT2D eigenvalue weighted by molar-refractivity contribution is 0.149. The second-order valence-electron chi connectivity index (χ2n) is 9.01. The molecule has 0 spiro atoms. The van der Waals surface area contributed by atoms with Crippen LogP contribution >= 0.6 is 0 Å². The minimum absolute atomic E-state index is 0.117. The SMILES string of the molecule is COc1ccc(-c2ccc(-c3cn(C(=O)N4CCCCC4Cc4ccccc4)nn3)cc2)c(OC)c1. The van der Waals surface area contributed by atoms with E-state index in [-0.39, 0.29) is 12.1 Å². The molecule has 7 heteroatoms. The number of carbonyl (C=O) groups is 1. The molecule has 0 bridgehead atoms. The molecule has 1 aliphatic heterocycles. The number of hydrogen-bond acceptors (Lipinski definition) is 5. The summed E-state index contributed by atoms with van der Waals surface area (Å²) in [7, 11) is 3.28. The summed E-state index contributed by atoms with van der Waals surface area (Å²) in [5.74, 6) is 1.48. The van der Waals surface area contributed by atoms with E-state index in [9.17, 15) is 4.79 Å². The summed E-state index contributed by atoms with van der Waals surface area (Å²) in [6.07, 6.45) is 5.71. The van der Waals surface area contributed by atoms with Gasteiger partial charge in [0.1, 0.15) is 17.2 Å². The van der Waals surface area contributed by atoms with Gasteiger partial charge >= 0.3 is 6.03 Å². The normalized spacial score (nSPS) is 15.5. The van der Waals surface area contributed by atoms with Crippen molar-refractivity contribution in [2.45, 2.75) is 31.7 Å². The Labute approximate surface area is 211 Å². The number of aromatic nitrogens is 3. The number of hydrogen-bond donors (Lipinski definition) is 0. The highest BCUT2D eigenvalue weighted by Crippen LogP contribution is 2.34. The zero-order valence-corrected chi connectivity index (χ0v) is 20.6. The first kappa shape index (κ1) is 23.6. The number of rotatable bonds is 6. The van der Waals surface area contributed by atoms with Gasteiger partial charge in [-0.1, -0.05) is 59.8 Å². The molecule has 0 N–H and O–H groups in total. The van der Waals surface area contributed by atoms with Crippen LogP contribution in [0.5, 0.6) is 11.5 Å². The molecule has 0 radical (unpaired) electrons. The van der Waals surface area contributed by atoms with Gasteiger partial charge in [-0.15, -0.1) is 5.10 Å². The van der Waals surface area contributed by atoms with Crippen LogP contribution in [0.15, 0.2) is 79.0 Å². The quantitative estimate of drug-likeness (QED) is 0.353. The van der Waals surface area contributed by atoms with Crippen LogP contribution in [0, 0.1) is 0 Å². The van der Waals surface area contributed by atoms with E-state index in [1.54, 1.807) is 20.4 Å². The Hall–Kier alpha value is -4.13. The fourth-order valence-corrected chi connectivity index (χ4v) is 4.83. The van der Waals surface area contributed by atoms with Crippen molar-refractivity contribution >= 4 is 6.03 Å². The lowest BCUT2D eigenvalue weighted by atomic mass is 9.96. The first-order chi connectivity index (χ1) is 17.7. The van der Waals surface area contributed by atoms with Crippen LogP contribution in [-0.4, -0.2) is 52.7 Å². The number of piperidine rings is 1. The monoisotopic (exact) mass is 482 g/mol. The Kier molecular flexibility index (Phi) is 6.98. The van der Waals surface area contributed by atoms with Crippen LogP contribution < -0.4 is 9.47 Å². The largest absolute Gasteiger partial charge is 0.497 e. The topological polar surface area (TPSA) is 69.5 Å². The molecule has 1 aliphatic rings. The number of methoxy groups -OCH3 is 2. The molecule has 4 aromatic rings. The van der Waals surface area contributed by atoms with Gasteiger partial charge in [0.2, 0.25) is 0 Å². The minimum atomic E-state index is -0.117. The number of carbonyl (C=O) groups excluding carboxylic acids is 1. The number of benzene rings is 3. The van der Waals surface area contributed by atoms with E-state index in [4.69, 9.17) is 9.47 Å². The molecule has 0 aliphatic carbocycles. The van der Waals surface area contributed by atoms with Gasteiger partial charge in [-0.3, -0.25) is 0 Å². The summed E-state index contributed by atoms with van der Waals surface area (Å²) in [6.45, 7) is 0.740. The third-order valence-electron chi connectivity index (χ3n) is 6.78. The van der Waals surface area contributed by atoms with Crippen LogP contribution in [0.4, 0.5) is 4.79 Å². The van der Waals surface area contributed by atoms with Crippen molar-refractivity contribution in [3.63, 3.8) is 0 Å². The standard InChI is InChI=1S/C29H30N4O3/c1-35-25-15-16-26(28(19-25)36-2)22-11-13-23(14-12-22)27-20-33(31-30-27)29(34)32-17-7-6-10-24(32)18-21-8-4-3-5-9-21/h3-5,8-9,11-16,19-20,24H,6-7,10,17-18H2,1-2H3. The van der Waals surface area contributed by atoms with Gasteiger partial charge < -0.3 is 14.4 Å². The fourth-order valence-electron chi connectivity index (χ4n) is 4.83. The Bertz CT molecular complexity index is 1320. The number of likely N-dealkylation sites (tertiary alicyclic amines) is 1. The molecule has 0 saturated carbocycles. The Morgan fingerprint density at radius 3 is 2.47 bits per heavy atom. The van der Waals surface area contributed by atoms with Crippen molar-refractivity contribution in [1.29, 1.82) is 0 Å². The van der Waals surface area contributed by atoms with Crippen LogP contribution in [0.3, 0.4) is 0 Å². The third-order valence-corrected chi connectivity index (χ3v) is 6.78. The summed E-state index contributed by atoms with van der Waals surface area (Å²) in [6, 6.07) is 24.2. The second kappa shape index (κ2) is 10.6. The van der Waals surface area contributed by atoms with Crippen LogP contribution in [0.1, 0.15) is 24.8 Å². The van der Waals surface area contributed by atoms with Crippen LogP contribution in [-0.2, 0) is 6.42 Å². The molecule has 184 valence electrons. The van der Waals surface area contributed by atoms with Crippen molar-refractivity contribution in [1.82, 2.24) is 19.9 Å². The predicted molar refractivity (Wildman–Crippen MR) is 139 cm³/mol. The van der Waals surface area contributed by atoms with Crippen molar-refractivity contribution in [3.05, 3.63) is 84.6 Å². The predicted octanol–water partition coefficient (Wildman–Crippen LogP) is 5.69. The van der Waals surface area contributed by atoms with E-state index in [0.717, 1.165) is 60.4 Å². The second-order valence-corrected chi connectivity index (χ2v) is 9.01. The molecule has 1 saturated heterocycles. The van der Waals surface area contributed by atoms with Gasteiger partial charge in [-0.25, -0.2) is 4.79 Å². The minimum Gasteiger partial charge on any atom is -0.497 e. The molecule has 3 aromatic carbocycles.